The summed E-state index contributed by atoms with van der Waals surface area (Å²) in [5.74, 6) is -0.386. The van der Waals surface area contributed by atoms with E-state index in [1.54, 1.807) is 0 Å². The predicted octanol–water partition coefficient (Wildman–Crippen LogP) is -0.241. The lowest BCUT2D eigenvalue weighted by Gasteiger charge is -2.12. The van der Waals surface area contributed by atoms with Gasteiger partial charge in [0.05, 0.1) is 6.20 Å². The molecule has 1 aliphatic carbocycles. The smallest absolute Gasteiger partial charge is 0.326 e. The van der Waals surface area contributed by atoms with Crippen LogP contribution in [-0.4, -0.2) is 47.3 Å². The van der Waals surface area contributed by atoms with E-state index in [1.165, 1.54) is 16.8 Å². The van der Waals surface area contributed by atoms with E-state index in [0.717, 1.165) is 19.1 Å². The van der Waals surface area contributed by atoms with Gasteiger partial charge < -0.3 is 10.6 Å². The van der Waals surface area contributed by atoms with E-state index in [9.17, 15) is 23.3 Å². The number of carbonyl (C=O) groups is 2. The van der Waals surface area contributed by atoms with Gasteiger partial charge in [-0.05, 0) is 18.9 Å². The van der Waals surface area contributed by atoms with Gasteiger partial charge in [0, 0.05) is 17.9 Å². The summed E-state index contributed by atoms with van der Waals surface area (Å²) in [5, 5.41) is 20.8. The topological polar surface area (TPSA) is 158 Å². The first-order valence-electron chi connectivity index (χ1n) is 7.90. The molecule has 3 N–H and O–H groups in total. The molecule has 1 saturated carbocycles. The number of sulfone groups is 1. The summed E-state index contributed by atoms with van der Waals surface area (Å²) >= 11 is 0. The van der Waals surface area contributed by atoms with Crippen LogP contribution in [0.5, 0.6) is 0 Å². The summed E-state index contributed by atoms with van der Waals surface area (Å²) < 4.78 is 25.7. The van der Waals surface area contributed by atoms with Gasteiger partial charge in [-0.15, -0.1) is 0 Å². The molecule has 2 aliphatic rings. The van der Waals surface area contributed by atoms with Crippen LogP contribution in [0.3, 0.4) is 0 Å². The Bertz CT molecular complexity index is 1180. The minimum atomic E-state index is -3.80. The van der Waals surface area contributed by atoms with E-state index in [1.807, 2.05) is 6.07 Å². The highest BCUT2D eigenvalue weighted by molar-refractivity contribution is 7.90. The molecule has 4 rings (SSSR count). The number of urea groups is 1. The number of nitriles is 1. The van der Waals surface area contributed by atoms with Crippen molar-refractivity contribution in [3.05, 3.63) is 23.0 Å². The molecular formula is C15H13N7O4S. The lowest BCUT2D eigenvalue weighted by molar-refractivity contribution is -0.115. The molecule has 27 heavy (non-hydrogen) atoms. The summed E-state index contributed by atoms with van der Waals surface area (Å²) in [7, 11) is -3.80. The summed E-state index contributed by atoms with van der Waals surface area (Å²) in [6, 6.07) is 1.36. The molecule has 138 valence electrons. The molecule has 0 spiro atoms. The summed E-state index contributed by atoms with van der Waals surface area (Å²) in [5.41, 5.74) is 0.319. The van der Waals surface area contributed by atoms with Gasteiger partial charge in [0.2, 0.25) is 0 Å². The minimum absolute atomic E-state index is 0.0151. The molecule has 3 amide bonds. The van der Waals surface area contributed by atoms with Crippen molar-refractivity contribution in [1.29, 1.82) is 5.26 Å². The van der Waals surface area contributed by atoms with Crippen LogP contribution in [0.25, 0.3) is 11.7 Å². The average molecular weight is 387 g/mol. The standard InChI is InChI=1S/C15H13N7O4S/c1-27(25,26)14-9(5-16)12(18-8-2-3-8)22-11(20-14)7(6-17-22)4-10-13(23)21-15(24)19-10/h4,6,8,18H,2-3H2,1H3,(H2,19,21,23,24)/b10-4-. The number of carbonyl (C=O) groups excluding carboxylic acids is 2. The van der Waals surface area contributed by atoms with Crippen LogP contribution in [0.2, 0.25) is 0 Å². The molecule has 2 aromatic heterocycles. The van der Waals surface area contributed by atoms with Gasteiger partial charge in [-0.25, -0.2) is 18.2 Å². The molecule has 0 unspecified atom stereocenters. The van der Waals surface area contributed by atoms with Gasteiger partial charge >= 0.3 is 6.03 Å². The van der Waals surface area contributed by atoms with Crippen LogP contribution in [0.15, 0.2) is 16.9 Å². The number of imide groups is 1. The SMILES string of the molecule is CS(=O)(=O)c1nc2c(/C=C3\NC(=O)NC3=O)cnn2c(NC2CC2)c1C#N. The van der Waals surface area contributed by atoms with Crippen molar-refractivity contribution < 1.29 is 18.0 Å². The highest BCUT2D eigenvalue weighted by Gasteiger charge is 2.29. The van der Waals surface area contributed by atoms with E-state index in [-0.39, 0.29) is 33.8 Å². The summed E-state index contributed by atoms with van der Waals surface area (Å²) in [6.45, 7) is 0. The number of anilines is 1. The van der Waals surface area contributed by atoms with Crippen LogP contribution in [0.4, 0.5) is 10.6 Å². The number of nitrogens with one attached hydrogen (secondary N) is 3. The fraction of sp³-hybridized carbons (Fsp3) is 0.267. The second-order valence-electron chi connectivity index (χ2n) is 6.24. The maximum Gasteiger partial charge on any atom is 0.326 e. The molecule has 1 saturated heterocycles. The molecule has 11 nitrogen and oxygen atoms in total. The maximum atomic E-state index is 12.2. The van der Waals surface area contributed by atoms with Crippen molar-refractivity contribution in [2.24, 2.45) is 0 Å². The van der Waals surface area contributed by atoms with E-state index in [2.05, 4.69) is 26.0 Å². The van der Waals surface area contributed by atoms with Crippen molar-refractivity contribution in [2.45, 2.75) is 23.9 Å². The fourth-order valence-electron chi connectivity index (χ4n) is 2.65. The van der Waals surface area contributed by atoms with E-state index >= 15 is 0 Å². The number of fused-ring (bicyclic) bond motifs is 1. The predicted molar refractivity (Wildman–Crippen MR) is 92.1 cm³/mol. The molecule has 2 aromatic rings. The average Bonchev–Trinajstić information content (AvgIpc) is 3.23. The third-order valence-electron chi connectivity index (χ3n) is 4.04. The second-order valence-corrected chi connectivity index (χ2v) is 8.18. The fourth-order valence-corrected chi connectivity index (χ4v) is 3.42. The Labute approximate surface area is 153 Å². The summed E-state index contributed by atoms with van der Waals surface area (Å²) in [4.78, 5) is 27.1. The van der Waals surface area contributed by atoms with Gasteiger partial charge in [0.1, 0.15) is 17.3 Å². The quantitative estimate of drug-likeness (QED) is 0.368. The highest BCUT2D eigenvalue weighted by atomic mass is 32.2. The van der Waals surface area contributed by atoms with Crippen LogP contribution >= 0.6 is 0 Å². The van der Waals surface area contributed by atoms with Crippen LogP contribution in [-0.2, 0) is 14.6 Å². The van der Waals surface area contributed by atoms with E-state index in [0.29, 0.717) is 5.56 Å². The largest absolute Gasteiger partial charge is 0.366 e. The Kier molecular flexibility index (Phi) is 3.63. The second kappa shape index (κ2) is 5.78. The van der Waals surface area contributed by atoms with Crippen LogP contribution in [0.1, 0.15) is 24.0 Å². The Morgan fingerprint density at radius 2 is 2.11 bits per heavy atom. The summed E-state index contributed by atoms with van der Waals surface area (Å²) in [6.07, 6.45) is 5.47. The van der Waals surface area contributed by atoms with Gasteiger partial charge in [-0.1, -0.05) is 0 Å². The van der Waals surface area contributed by atoms with E-state index in [4.69, 9.17) is 0 Å². The molecule has 0 radical (unpaired) electrons. The Morgan fingerprint density at radius 3 is 2.67 bits per heavy atom. The zero-order chi connectivity index (χ0) is 19.3. The number of hydrogen-bond donors (Lipinski definition) is 3. The molecular weight excluding hydrogens is 374 g/mol. The van der Waals surface area contributed by atoms with Crippen LogP contribution in [0, 0.1) is 11.3 Å². The number of nitrogens with zero attached hydrogens (tertiary/aromatic N) is 4. The van der Waals surface area contributed by atoms with Crippen molar-refractivity contribution >= 4 is 39.3 Å². The number of aromatic nitrogens is 3. The molecule has 0 atom stereocenters. The number of hydrogen-bond acceptors (Lipinski definition) is 8. The maximum absolute atomic E-state index is 12.2. The Hall–Kier alpha value is -3.46. The molecule has 3 heterocycles. The molecule has 0 bridgehead atoms. The third-order valence-corrected chi connectivity index (χ3v) is 5.04. The minimum Gasteiger partial charge on any atom is -0.366 e. The van der Waals surface area contributed by atoms with Crippen LogP contribution < -0.4 is 16.0 Å². The van der Waals surface area contributed by atoms with Crippen molar-refractivity contribution in [3.8, 4) is 6.07 Å². The molecule has 1 aliphatic heterocycles. The van der Waals surface area contributed by atoms with Gasteiger partial charge in [0.25, 0.3) is 5.91 Å². The van der Waals surface area contributed by atoms with Gasteiger partial charge in [-0.3, -0.25) is 10.1 Å². The normalized spacial score (nSPS) is 18.4. The Morgan fingerprint density at radius 1 is 1.37 bits per heavy atom. The first kappa shape index (κ1) is 17.0. The lowest BCUT2D eigenvalue weighted by Crippen LogP contribution is -2.22. The Balaban J connectivity index is 1.96. The first-order valence-corrected chi connectivity index (χ1v) is 9.79. The first-order chi connectivity index (χ1) is 12.8. The van der Waals surface area contributed by atoms with Gasteiger partial charge in [0.15, 0.2) is 26.3 Å². The van der Waals surface area contributed by atoms with Crippen molar-refractivity contribution in [1.82, 2.24) is 25.2 Å². The molecule has 2 fully saturated rings. The zero-order valence-corrected chi connectivity index (χ0v) is 14.8. The van der Waals surface area contributed by atoms with Crippen molar-refractivity contribution in [2.75, 3.05) is 11.6 Å². The lowest BCUT2D eigenvalue weighted by atomic mass is 10.2. The van der Waals surface area contributed by atoms with Gasteiger partial charge in [-0.2, -0.15) is 14.9 Å². The molecule has 12 heteroatoms. The molecule has 0 aromatic carbocycles. The van der Waals surface area contributed by atoms with Crippen molar-refractivity contribution in [3.63, 3.8) is 0 Å². The third kappa shape index (κ3) is 2.97. The van der Waals surface area contributed by atoms with E-state index < -0.39 is 21.8 Å². The zero-order valence-electron chi connectivity index (χ0n) is 14.0. The monoisotopic (exact) mass is 387 g/mol. The highest BCUT2D eigenvalue weighted by Crippen LogP contribution is 2.30. The number of amides is 3. The number of rotatable bonds is 4.